The Labute approximate surface area is 199 Å². The third-order valence-electron chi connectivity index (χ3n) is 7.54. The van der Waals surface area contributed by atoms with Crippen molar-refractivity contribution in [2.45, 2.75) is 84.0 Å². The first kappa shape index (κ1) is 23.7. The quantitative estimate of drug-likeness (QED) is 0.229. The van der Waals surface area contributed by atoms with Crippen molar-refractivity contribution >= 4 is 10.8 Å². The average Bonchev–Trinajstić information content (AvgIpc) is 2.85. The zero-order chi connectivity index (χ0) is 23.0. The molecule has 4 rings (SSSR count). The Morgan fingerprint density at radius 1 is 0.818 bits per heavy atom. The highest BCUT2D eigenvalue weighted by atomic mass is 19.1. The molecule has 0 saturated heterocycles. The van der Waals surface area contributed by atoms with Crippen molar-refractivity contribution in [3.63, 3.8) is 0 Å². The Morgan fingerprint density at radius 2 is 1.55 bits per heavy atom. The number of benzene rings is 3. The SMILES string of the molecule is C/C=C/C1CCC(c2ccc(CCc3ccc4c(F)c(CCCCC)ccc4c3)cc2)CC1. The molecule has 0 amide bonds. The molecule has 0 aliphatic heterocycles. The van der Waals surface area contributed by atoms with Gasteiger partial charge in [0, 0.05) is 5.39 Å². The lowest BCUT2D eigenvalue weighted by atomic mass is 9.78. The van der Waals surface area contributed by atoms with Gasteiger partial charge in [0.25, 0.3) is 0 Å². The summed E-state index contributed by atoms with van der Waals surface area (Å²) in [7, 11) is 0. The van der Waals surface area contributed by atoms with Crippen LogP contribution < -0.4 is 0 Å². The van der Waals surface area contributed by atoms with Crippen molar-refractivity contribution < 1.29 is 4.39 Å². The molecule has 3 aromatic rings. The summed E-state index contributed by atoms with van der Waals surface area (Å²) in [6, 6.07) is 19.7. The van der Waals surface area contributed by atoms with E-state index < -0.39 is 0 Å². The summed E-state index contributed by atoms with van der Waals surface area (Å²) in [5.74, 6) is 1.49. The molecule has 0 radical (unpaired) electrons. The molecule has 3 aromatic carbocycles. The summed E-state index contributed by atoms with van der Waals surface area (Å²) in [6.45, 7) is 4.32. The van der Waals surface area contributed by atoms with E-state index in [2.05, 4.69) is 68.5 Å². The van der Waals surface area contributed by atoms with E-state index in [0.717, 1.165) is 60.3 Å². The second kappa shape index (κ2) is 11.6. The van der Waals surface area contributed by atoms with Gasteiger partial charge in [-0.2, -0.15) is 0 Å². The van der Waals surface area contributed by atoms with Gasteiger partial charge >= 0.3 is 0 Å². The van der Waals surface area contributed by atoms with Crippen molar-refractivity contribution in [3.8, 4) is 0 Å². The van der Waals surface area contributed by atoms with Crippen LogP contribution in [-0.4, -0.2) is 0 Å². The van der Waals surface area contributed by atoms with Crippen LogP contribution in [0.1, 0.15) is 87.0 Å². The molecule has 174 valence electrons. The smallest absolute Gasteiger partial charge is 0.134 e. The highest BCUT2D eigenvalue weighted by molar-refractivity contribution is 5.84. The van der Waals surface area contributed by atoms with E-state index in [1.165, 1.54) is 48.8 Å². The predicted molar refractivity (Wildman–Crippen MR) is 140 cm³/mol. The molecule has 1 heteroatoms. The molecule has 33 heavy (non-hydrogen) atoms. The van der Waals surface area contributed by atoms with E-state index in [1.807, 2.05) is 12.1 Å². The molecule has 1 saturated carbocycles. The van der Waals surface area contributed by atoms with Gasteiger partial charge in [0.05, 0.1) is 0 Å². The lowest BCUT2D eigenvalue weighted by molar-refractivity contribution is 0.375. The van der Waals surface area contributed by atoms with Gasteiger partial charge in [-0.15, -0.1) is 0 Å². The van der Waals surface area contributed by atoms with E-state index in [4.69, 9.17) is 0 Å². The fourth-order valence-electron chi connectivity index (χ4n) is 5.46. The summed E-state index contributed by atoms with van der Waals surface area (Å²) >= 11 is 0. The maximum absolute atomic E-state index is 14.9. The molecule has 0 aromatic heterocycles. The molecule has 0 N–H and O–H groups in total. The van der Waals surface area contributed by atoms with Crippen LogP contribution in [0.2, 0.25) is 0 Å². The molecule has 0 nitrogen and oxygen atoms in total. The zero-order valence-electron chi connectivity index (χ0n) is 20.5. The number of fused-ring (bicyclic) bond motifs is 1. The van der Waals surface area contributed by atoms with Gasteiger partial charge in [-0.3, -0.25) is 0 Å². The topological polar surface area (TPSA) is 0 Å². The van der Waals surface area contributed by atoms with E-state index in [1.54, 1.807) is 0 Å². The van der Waals surface area contributed by atoms with E-state index in [0.29, 0.717) is 0 Å². The Hall–Kier alpha value is -2.41. The van der Waals surface area contributed by atoms with Crippen molar-refractivity contribution in [1.29, 1.82) is 0 Å². The monoisotopic (exact) mass is 442 g/mol. The second-order valence-electron chi connectivity index (χ2n) is 9.93. The van der Waals surface area contributed by atoms with E-state index in [9.17, 15) is 4.39 Å². The molecule has 0 atom stereocenters. The van der Waals surface area contributed by atoms with Gasteiger partial charge in [0.15, 0.2) is 0 Å². The highest BCUT2D eigenvalue weighted by Gasteiger charge is 2.20. The van der Waals surface area contributed by atoms with Crippen LogP contribution in [0.4, 0.5) is 4.39 Å². The second-order valence-corrected chi connectivity index (χ2v) is 9.93. The van der Waals surface area contributed by atoms with Crippen molar-refractivity contribution in [2.75, 3.05) is 0 Å². The van der Waals surface area contributed by atoms with Crippen LogP contribution in [0.5, 0.6) is 0 Å². The molecular weight excluding hydrogens is 403 g/mol. The minimum atomic E-state index is -0.0227. The van der Waals surface area contributed by atoms with Gasteiger partial charge < -0.3 is 0 Å². The lowest BCUT2D eigenvalue weighted by Gasteiger charge is -2.27. The Morgan fingerprint density at radius 3 is 2.27 bits per heavy atom. The van der Waals surface area contributed by atoms with Crippen LogP contribution in [0.15, 0.2) is 66.7 Å². The number of hydrogen-bond acceptors (Lipinski definition) is 0. The third kappa shape index (κ3) is 6.14. The van der Waals surface area contributed by atoms with Crippen LogP contribution in [0.25, 0.3) is 10.8 Å². The minimum Gasteiger partial charge on any atom is -0.206 e. The maximum atomic E-state index is 14.9. The standard InChI is InChI=1S/C32H39F/c1-3-5-6-8-29-20-21-30-23-26(15-22-31(30)32(29)33)10-9-25-13-18-28(19-14-25)27-16-11-24(7-4-2)12-17-27/h4,7,13-15,18-24,27H,3,5-6,8-12,16-17H2,1-2H3/b7-4+. The van der Waals surface area contributed by atoms with Crippen molar-refractivity contribution in [3.05, 3.63) is 94.8 Å². The van der Waals surface area contributed by atoms with E-state index >= 15 is 0 Å². The molecule has 0 heterocycles. The first-order chi connectivity index (χ1) is 16.2. The normalized spacial score (nSPS) is 18.9. The fourth-order valence-corrected chi connectivity index (χ4v) is 5.46. The largest absolute Gasteiger partial charge is 0.206 e. The number of halogens is 1. The highest BCUT2D eigenvalue weighted by Crippen LogP contribution is 2.36. The first-order valence-corrected chi connectivity index (χ1v) is 13.1. The molecule has 1 fully saturated rings. The Kier molecular flexibility index (Phi) is 8.37. The number of unbranched alkanes of at least 4 members (excludes halogenated alkanes) is 2. The third-order valence-corrected chi connectivity index (χ3v) is 7.54. The van der Waals surface area contributed by atoms with Gasteiger partial charge in [-0.05, 0) is 97.8 Å². The number of hydrogen-bond donors (Lipinski definition) is 0. The molecule has 0 unspecified atom stereocenters. The van der Waals surface area contributed by atoms with Crippen molar-refractivity contribution in [2.24, 2.45) is 5.92 Å². The molecule has 1 aliphatic rings. The molecule has 1 aliphatic carbocycles. The lowest BCUT2D eigenvalue weighted by Crippen LogP contribution is -2.11. The zero-order valence-corrected chi connectivity index (χ0v) is 20.5. The van der Waals surface area contributed by atoms with Crippen LogP contribution >= 0.6 is 0 Å². The number of allylic oxidation sites excluding steroid dienone is 2. The van der Waals surface area contributed by atoms with Crippen LogP contribution in [0, 0.1) is 11.7 Å². The van der Waals surface area contributed by atoms with Gasteiger partial charge in [-0.1, -0.05) is 86.5 Å². The number of rotatable bonds is 9. The first-order valence-electron chi connectivity index (χ1n) is 13.1. The maximum Gasteiger partial charge on any atom is 0.134 e. The Balaban J connectivity index is 1.35. The van der Waals surface area contributed by atoms with Crippen molar-refractivity contribution in [1.82, 2.24) is 0 Å². The van der Waals surface area contributed by atoms with Gasteiger partial charge in [0.2, 0.25) is 0 Å². The molecular formula is C32H39F. The Bertz CT molecular complexity index is 1050. The molecule has 0 bridgehead atoms. The van der Waals surface area contributed by atoms with Gasteiger partial charge in [0.1, 0.15) is 5.82 Å². The minimum absolute atomic E-state index is 0.0227. The summed E-state index contributed by atoms with van der Waals surface area (Å²) in [5, 5.41) is 1.79. The fraction of sp³-hybridized carbons (Fsp3) is 0.438. The summed E-state index contributed by atoms with van der Waals surface area (Å²) in [5.41, 5.74) is 5.04. The van der Waals surface area contributed by atoms with Crippen LogP contribution in [-0.2, 0) is 19.3 Å². The van der Waals surface area contributed by atoms with Crippen LogP contribution in [0.3, 0.4) is 0 Å². The summed E-state index contributed by atoms with van der Waals surface area (Å²) < 4.78 is 14.9. The summed E-state index contributed by atoms with van der Waals surface area (Å²) in [4.78, 5) is 0. The molecule has 0 spiro atoms. The number of aryl methyl sites for hydroxylation is 3. The predicted octanol–water partition coefficient (Wildman–Crippen LogP) is 9.35. The van der Waals surface area contributed by atoms with E-state index in [-0.39, 0.29) is 5.82 Å². The summed E-state index contributed by atoms with van der Waals surface area (Å²) in [6.07, 6.45) is 16.1. The average molecular weight is 443 g/mol. The van der Waals surface area contributed by atoms with Gasteiger partial charge in [-0.25, -0.2) is 4.39 Å².